The van der Waals surface area contributed by atoms with E-state index in [9.17, 15) is 19.7 Å². The second-order valence-electron chi connectivity index (χ2n) is 8.99. The van der Waals surface area contributed by atoms with Crippen LogP contribution in [-0.4, -0.2) is 22.9 Å². The molecule has 0 aromatic heterocycles. The van der Waals surface area contributed by atoms with Crippen LogP contribution in [0.4, 0.5) is 11.4 Å². The summed E-state index contributed by atoms with van der Waals surface area (Å²) < 4.78 is 5.40. The van der Waals surface area contributed by atoms with Crippen LogP contribution < -0.4 is 5.32 Å². The highest BCUT2D eigenvalue weighted by Crippen LogP contribution is 2.61. The van der Waals surface area contributed by atoms with E-state index in [2.05, 4.69) is 5.32 Å². The van der Waals surface area contributed by atoms with Crippen LogP contribution in [0.5, 0.6) is 0 Å². The molecule has 4 fully saturated rings. The molecular weight excluding hydrogens is 360 g/mol. The van der Waals surface area contributed by atoms with Crippen molar-refractivity contribution in [3.05, 3.63) is 34.4 Å². The van der Waals surface area contributed by atoms with Crippen LogP contribution in [-0.2, 0) is 14.3 Å². The largest absolute Gasteiger partial charge is 0.453 e. The summed E-state index contributed by atoms with van der Waals surface area (Å²) in [6.45, 7) is 1.50. The van der Waals surface area contributed by atoms with E-state index in [1.54, 1.807) is 6.07 Å². The minimum atomic E-state index is -0.999. The van der Waals surface area contributed by atoms with Gasteiger partial charge < -0.3 is 10.1 Å². The van der Waals surface area contributed by atoms with Crippen molar-refractivity contribution < 1.29 is 19.2 Å². The summed E-state index contributed by atoms with van der Waals surface area (Å²) in [7, 11) is 0. The molecule has 1 unspecified atom stereocenters. The second kappa shape index (κ2) is 7.18. The maximum Gasteiger partial charge on any atom is 0.307 e. The smallest absolute Gasteiger partial charge is 0.307 e. The maximum absolute atomic E-state index is 12.6. The van der Waals surface area contributed by atoms with E-state index in [0.717, 1.165) is 37.0 Å². The fourth-order valence-electron chi connectivity index (χ4n) is 6.08. The Morgan fingerprint density at radius 2 is 1.75 bits per heavy atom. The lowest BCUT2D eigenvalue weighted by molar-refractivity contribution is -0.383. The number of hydrogen-bond acceptors (Lipinski definition) is 5. The molecule has 4 saturated carbocycles. The number of anilines is 1. The number of nitro benzene ring substituents is 1. The second-order valence-corrected chi connectivity index (χ2v) is 8.99. The van der Waals surface area contributed by atoms with Crippen molar-refractivity contribution in [2.24, 2.45) is 23.2 Å². The summed E-state index contributed by atoms with van der Waals surface area (Å²) in [5, 5.41) is 13.6. The standard InChI is InChI=1S/C21H26N2O5/c1-13(20(25)22-17-4-2-3-5-18(17)23(26)27)28-19(24)12-21-9-14-6-15(10-21)8-16(7-14)11-21/h2-5,13-16H,6-12H2,1H3,(H,22,25). The zero-order valence-electron chi connectivity index (χ0n) is 16.1. The summed E-state index contributed by atoms with van der Waals surface area (Å²) in [6, 6.07) is 5.91. The number of carbonyl (C=O) groups is 2. The van der Waals surface area contributed by atoms with Gasteiger partial charge in [-0.15, -0.1) is 0 Å². The number of rotatable bonds is 6. The van der Waals surface area contributed by atoms with E-state index in [0.29, 0.717) is 6.42 Å². The zero-order chi connectivity index (χ0) is 19.9. The lowest BCUT2D eigenvalue weighted by Gasteiger charge is -2.56. The highest BCUT2D eigenvalue weighted by Gasteiger charge is 2.51. The molecule has 1 N–H and O–H groups in total. The van der Waals surface area contributed by atoms with Crippen LogP contribution in [0.3, 0.4) is 0 Å². The zero-order valence-corrected chi connectivity index (χ0v) is 16.1. The topological polar surface area (TPSA) is 98.5 Å². The van der Waals surface area contributed by atoms with E-state index in [4.69, 9.17) is 4.74 Å². The SMILES string of the molecule is CC(OC(=O)CC12CC3CC(CC(C3)C1)C2)C(=O)Nc1ccccc1[N+](=O)[O-]. The molecule has 1 amide bonds. The number of carbonyl (C=O) groups excluding carboxylic acids is 2. The number of nitrogens with one attached hydrogen (secondary N) is 1. The van der Waals surface area contributed by atoms with E-state index in [1.807, 2.05) is 0 Å². The van der Waals surface area contributed by atoms with Crippen LogP contribution in [0.2, 0.25) is 0 Å². The average molecular weight is 386 g/mol. The number of amides is 1. The van der Waals surface area contributed by atoms with Crippen molar-refractivity contribution in [1.29, 1.82) is 0 Å². The predicted octanol–water partition coefficient (Wildman–Crippen LogP) is 4.07. The summed E-state index contributed by atoms with van der Waals surface area (Å²) in [5.74, 6) is 1.34. The van der Waals surface area contributed by atoms with Gasteiger partial charge in [-0.3, -0.25) is 19.7 Å². The van der Waals surface area contributed by atoms with Crippen LogP contribution in [0.15, 0.2) is 24.3 Å². The van der Waals surface area contributed by atoms with Gasteiger partial charge in [0.15, 0.2) is 6.10 Å². The highest BCUT2D eigenvalue weighted by atomic mass is 16.6. The summed E-state index contributed by atoms with van der Waals surface area (Å²) in [5.41, 5.74) is -0.0373. The minimum Gasteiger partial charge on any atom is -0.453 e. The van der Waals surface area contributed by atoms with Gasteiger partial charge in [0, 0.05) is 6.07 Å². The van der Waals surface area contributed by atoms with E-state index in [1.165, 1.54) is 44.4 Å². The first-order valence-corrected chi connectivity index (χ1v) is 10.1. The van der Waals surface area contributed by atoms with Gasteiger partial charge in [-0.25, -0.2) is 0 Å². The molecule has 28 heavy (non-hydrogen) atoms. The number of esters is 1. The van der Waals surface area contributed by atoms with Gasteiger partial charge >= 0.3 is 5.97 Å². The van der Waals surface area contributed by atoms with Crippen LogP contribution in [0.25, 0.3) is 0 Å². The first-order valence-electron chi connectivity index (χ1n) is 10.1. The third-order valence-electron chi connectivity index (χ3n) is 6.72. The first kappa shape index (κ1) is 18.9. The van der Waals surface area contributed by atoms with Crippen molar-refractivity contribution in [3.8, 4) is 0 Å². The van der Waals surface area contributed by atoms with Crippen molar-refractivity contribution in [3.63, 3.8) is 0 Å². The Kier molecular flexibility index (Phi) is 4.85. The molecule has 7 heteroatoms. The van der Waals surface area contributed by atoms with Crippen molar-refractivity contribution in [2.75, 3.05) is 5.32 Å². The number of nitro groups is 1. The molecule has 0 heterocycles. The van der Waals surface area contributed by atoms with Crippen LogP contribution in [0.1, 0.15) is 51.9 Å². The highest BCUT2D eigenvalue weighted by molar-refractivity contribution is 5.96. The van der Waals surface area contributed by atoms with Crippen molar-refractivity contribution in [2.45, 2.75) is 58.0 Å². The molecular formula is C21H26N2O5. The lowest BCUT2D eigenvalue weighted by atomic mass is 9.49. The fraction of sp³-hybridized carbons (Fsp3) is 0.619. The molecule has 1 atom stereocenters. The van der Waals surface area contributed by atoms with Crippen LogP contribution >= 0.6 is 0 Å². The van der Waals surface area contributed by atoms with Gasteiger partial charge in [-0.05, 0) is 74.7 Å². The van der Waals surface area contributed by atoms with Gasteiger partial charge in [-0.1, -0.05) is 12.1 Å². The predicted molar refractivity (Wildman–Crippen MR) is 103 cm³/mol. The van der Waals surface area contributed by atoms with Gasteiger partial charge in [0.1, 0.15) is 5.69 Å². The van der Waals surface area contributed by atoms with E-state index in [-0.39, 0.29) is 22.8 Å². The maximum atomic E-state index is 12.6. The Morgan fingerprint density at radius 1 is 1.18 bits per heavy atom. The monoisotopic (exact) mass is 386 g/mol. The quantitative estimate of drug-likeness (QED) is 0.451. The molecule has 4 aliphatic rings. The van der Waals surface area contributed by atoms with Gasteiger partial charge in [0.2, 0.25) is 0 Å². The van der Waals surface area contributed by atoms with E-state index < -0.39 is 16.9 Å². The first-order chi connectivity index (χ1) is 13.3. The third kappa shape index (κ3) is 3.75. The fourth-order valence-corrected chi connectivity index (χ4v) is 6.08. The molecule has 1 aromatic carbocycles. The third-order valence-corrected chi connectivity index (χ3v) is 6.72. The molecule has 0 radical (unpaired) electrons. The number of ether oxygens (including phenoxy) is 1. The summed E-state index contributed by atoms with van der Waals surface area (Å²) in [4.78, 5) is 35.5. The number of para-hydroxylation sites is 2. The minimum absolute atomic E-state index is 0.0558. The summed E-state index contributed by atoms with van der Waals surface area (Å²) >= 11 is 0. The lowest BCUT2D eigenvalue weighted by Crippen LogP contribution is -2.47. The Balaban J connectivity index is 1.35. The molecule has 0 spiro atoms. The van der Waals surface area contributed by atoms with Gasteiger partial charge in [0.05, 0.1) is 11.3 Å². The Morgan fingerprint density at radius 3 is 2.32 bits per heavy atom. The van der Waals surface area contributed by atoms with Crippen LogP contribution in [0, 0.1) is 33.3 Å². The molecule has 1 aromatic rings. The van der Waals surface area contributed by atoms with Gasteiger partial charge in [0.25, 0.3) is 11.6 Å². The number of benzene rings is 1. The Labute approximate surface area is 164 Å². The molecule has 5 rings (SSSR count). The Hall–Kier alpha value is -2.44. The molecule has 7 nitrogen and oxygen atoms in total. The molecule has 150 valence electrons. The molecule has 0 aliphatic heterocycles. The normalized spacial score (nSPS) is 31.2. The van der Waals surface area contributed by atoms with Crippen molar-refractivity contribution >= 4 is 23.3 Å². The summed E-state index contributed by atoms with van der Waals surface area (Å²) in [6.07, 6.45) is 6.61. The average Bonchev–Trinajstić information content (AvgIpc) is 2.60. The van der Waals surface area contributed by atoms with Gasteiger partial charge in [-0.2, -0.15) is 0 Å². The number of hydrogen-bond donors (Lipinski definition) is 1. The number of nitrogens with zero attached hydrogens (tertiary/aromatic N) is 1. The van der Waals surface area contributed by atoms with Crippen molar-refractivity contribution in [1.82, 2.24) is 0 Å². The molecule has 0 saturated heterocycles. The molecule has 4 aliphatic carbocycles. The Bertz CT molecular complexity index is 770. The van der Waals surface area contributed by atoms with E-state index >= 15 is 0 Å². The molecule has 4 bridgehead atoms.